The minimum Gasteiger partial charge on any atom is -0.478 e. The number of Topliss-reactive ketones (excluding diaryl/α,β-unsaturated/α-hetero) is 1. The number of nitrogens with zero attached hydrogens (tertiary/aromatic N) is 2. The van der Waals surface area contributed by atoms with E-state index in [0.29, 0.717) is 24.3 Å². The van der Waals surface area contributed by atoms with Gasteiger partial charge in [0.25, 0.3) is 0 Å². The molecule has 2 aromatic rings. The molecule has 3 rings (SSSR count). The second kappa shape index (κ2) is 5.99. The number of anilines is 1. The summed E-state index contributed by atoms with van der Waals surface area (Å²) in [6, 6.07) is 2.99. The molecule has 0 atom stereocenters. The molecule has 1 aromatic heterocycles. The van der Waals surface area contributed by atoms with E-state index in [1.165, 1.54) is 19.3 Å². The SMILES string of the molecule is CC(=O)C1CN(c2c(C(=O)O)cncc2-c2cc(F)cc(F)c2)C1. The molecular weight excluding hydrogens is 318 g/mol. The third-order valence-corrected chi connectivity index (χ3v) is 4.09. The topological polar surface area (TPSA) is 70.5 Å². The van der Waals surface area contributed by atoms with Crippen molar-refractivity contribution in [1.29, 1.82) is 0 Å². The molecule has 124 valence electrons. The summed E-state index contributed by atoms with van der Waals surface area (Å²) in [5.74, 6) is -2.86. The minimum absolute atomic E-state index is 0.0236. The summed E-state index contributed by atoms with van der Waals surface area (Å²) in [4.78, 5) is 28.5. The molecule has 1 aromatic carbocycles. The van der Waals surface area contributed by atoms with Crippen molar-refractivity contribution in [3.63, 3.8) is 0 Å². The number of carbonyl (C=O) groups excluding carboxylic acids is 1. The van der Waals surface area contributed by atoms with Gasteiger partial charge in [-0.25, -0.2) is 13.6 Å². The Morgan fingerprint density at radius 2 is 1.79 bits per heavy atom. The number of aromatic nitrogens is 1. The second-order valence-corrected chi connectivity index (χ2v) is 5.76. The Kier molecular flexibility index (Phi) is 4.01. The zero-order valence-electron chi connectivity index (χ0n) is 12.8. The van der Waals surface area contributed by atoms with Gasteiger partial charge in [0, 0.05) is 37.1 Å². The van der Waals surface area contributed by atoms with E-state index in [2.05, 4.69) is 4.98 Å². The zero-order valence-corrected chi connectivity index (χ0v) is 12.8. The largest absolute Gasteiger partial charge is 0.478 e. The summed E-state index contributed by atoms with van der Waals surface area (Å²) in [6.07, 6.45) is 2.56. The predicted octanol–water partition coefficient (Wildman–Crippen LogP) is 2.75. The van der Waals surface area contributed by atoms with E-state index in [9.17, 15) is 23.5 Å². The van der Waals surface area contributed by atoms with Crippen molar-refractivity contribution in [3.05, 3.63) is 47.8 Å². The molecule has 7 heteroatoms. The van der Waals surface area contributed by atoms with Gasteiger partial charge in [-0.15, -0.1) is 0 Å². The number of pyridine rings is 1. The van der Waals surface area contributed by atoms with Crippen molar-refractivity contribution in [2.24, 2.45) is 5.92 Å². The molecule has 0 aliphatic carbocycles. The van der Waals surface area contributed by atoms with Crippen LogP contribution in [0, 0.1) is 17.6 Å². The monoisotopic (exact) mass is 332 g/mol. The van der Waals surface area contributed by atoms with Crippen LogP contribution in [0.2, 0.25) is 0 Å². The predicted molar refractivity (Wildman–Crippen MR) is 82.9 cm³/mol. The van der Waals surface area contributed by atoms with Gasteiger partial charge in [-0.1, -0.05) is 0 Å². The van der Waals surface area contributed by atoms with Crippen LogP contribution < -0.4 is 4.90 Å². The third-order valence-electron chi connectivity index (χ3n) is 4.09. The molecule has 5 nitrogen and oxygen atoms in total. The summed E-state index contributed by atoms with van der Waals surface area (Å²) in [5, 5.41) is 9.41. The molecule has 0 bridgehead atoms. The number of carbonyl (C=O) groups is 2. The second-order valence-electron chi connectivity index (χ2n) is 5.76. The number of ketones is 1. The lowest BCUT2D eigenvalue weighted by atomic mass is 9.92. The molecule has 0 unspecified atom stereocenters. The zero-order chi connectivity index (χ0) is 17.4. The molecule has 0 saturated carbocycles. The first-order valence-electron chi connectivity index (χ1n) is 7.30. The van der Waals surface area contributed by atoms with Crippen molar-refractivity contribution in [1.82, 2.24) is 4.98 Å². The fraction of sp³-hybridized carbons (Fsp3) is 0.235. The molecule has 1 fully saturated rings. The average molecular weight is 332 g/mol. The Labute approximate surface area is 136 Å². The number of hydrogen-bond acceptors (Lipinski definition) is 4. The van der Waals surface area contributed by atoms with Crippen LogP contribution in [0.4, 0.5) is 14.5 Å². The molecule has 0 spiro atoms. The number of aromatic carboxylic acids is 1. The van der Waals surface area contributed by atoms with Gasteiger partial charge in [0.1, 0.15) is 23.0 Å². The van der Waals surface area contributed by atoms with Crippen LogP contribution in [0.15, 0.2) is 30.6 Å². The maximum Gasteiger partial charge on any atom is 0.339 e. The van der Waals surface area contributed by atoms with Gasteiger partial charge in [-0.05, 0) is 24.6 Å². The Balaban J connectivity index is 2.11. The van der Waals surface area contributed by atoms with E-state index in [4.69, 9.17) is 0 Å². The molecule has 24 heavy (non-hydrogen) atoms. The molecule has 1 saturated heterocycles. The normalized spacial score (nSPS) is 14.4. The summed E-state index contributed by atoms with van der Waals surface area (Å²) in [7, 11) is 0. The lowest BCUT2D eigenvalue weighted by Crippen LogP contribution is -2.50. The lowest BCUT2D eigenvalue weighted by Gasteiger charge is -2.41. The highest BCUT2D eigenvalue weighted by molar-refractivity contribution is 5.99. The number of benzene rings is 1. The first-order chi connectivity index (χ1) is 11.4. The van der Waals surface area contributed by atoms with Crippen molar-refractivity contribution >= 4 is 17.4 Å². The molecule has 1 aliphatic heterocycles. The molecule has 1 aliphatic rings. The molecule has 0 amide bonds. The van der Waals surface area contributed by atoms with Gasteiger partial charge in [0.05, 0.1) is 11.6 Å². The number of carboxylic acid groups (broad SMARTS) is 1. The Morgan fingerprint density at radius 1 is 1.17 bits per heavy atom. The van der Waals surface area contributed by atoms with Gasteiger partial charge in [0.2, 0.25) is 0 Å². The van der Waals surface area contributed by atoms with Crippen LogP contribution in [0.25, 0.3) is 11.1 Å². The summed E-state index contributed by atoms with van der Waals surface area (Å²) < 4.78 is 27.1. The number of hydrogen-bond donors (Lipinski definition) is 1. The summed E-state index contributed by atoms with van der Waals surface area (Å²) in [6.45, 7) is 2.21. The smallest absolute Gasteiger partial charge is 0.339 e. The lowest BCUT2D eigenvalue weighted by molar-refractivity contribution is -0.121. The number of carboxylic acids is 1. The fourth-order valence-corrected chi connectivity index (χ4v) is 2.79. The Hall–Kier alpha value is -2.83. The molecule has 0 radical (unpaired) electrons. The van der Waals surface area contributed by atoms with E-state index >= 15 is 0 Å². The van der Waals surface area contributed by atoms with Crippen LogP contribution in [-0.4, -0.2) is 34.9 Å². The van der Waals surface area contributed by atoms with Crippen LogP contribution in [0.5, 0.6) is 0 Å². The highest BCUT2D eigenvalue weighted by Crippen LogP contribution is 2.37. The highest BCUT2D eigenvalue weighted by Gasteiger charge is 2.34. The van der Waals surface area contributed by atoms with E-state index in [1.54, 1.807) is 4.90 Å². The first kappa shape index (κ1) is 16.0. The van der Waals surface area contributed by atoms with Crippen molar-refractivity contribution in [2.75, 3.05) is 18.0 Å². The van der Waals surface area contributed by atoms with E-state index < -0.39 is 17.6 Å². The molecule has 2 heterocycles. The first-order valence-corrected chi connectivity index (χ1v) is 7.30. The van der Waals surface area contributed by atoms with Crippen molar-refractivity contribution < 1.29 is 23.5 Å². The standard InChI is InChI=1S/C17H14F2N2O3/c1-9(22)11-7-21(8-11)16-14(5-20-6-15(16)17(23)24)10-2-12(18)4-13(19)3-10/h2-6,11H,7-8H2,1H3,(H,23,24). The Morgan fingerprint density at radius 3 is 2.33 bits per heavy atom. The van der Waals surface area contributed by atoms with Gasteiger partial charge < -0.3 is 10.0 Å². The maximum absolute atomic E-state index is 13.5. The molecule has 1 N–H and O–H groups in total. The van der Waals surface area contributed by atoms with Crippen LogP contribution >= 0.6 is 0 Å². The van der Waals surface area contributed by atoms with Crippen molar-refractivity contribution in [3.8, 4) is 11.1 Å². The quantitative estimate of drug-likeness (QED) is 0.932. The summed E-state index contributed by atoms with van der Waals surface area (Å²) >= 11 is 0. The fourth-order valence-electron chi connectivity index (χ4n) is 2.79. The van der Waals surface area contributed by atoms with Crippen LogP contribution in [0.1, 0.15) is 17.3 Å². The van der Waals surface area contributed by atoms with Gasteiger partial charge >= 0.3 is 5.97 Å². The average Bonchev–Trinajstić information content (AvgIpc) is 2.44. The maximum atomic E-state index is 13.5. The third kappa shape index (κ3) is 2.84. The Bertz CT molecular complexity index is 812. The van der Waals surface area contributed by atoms with Gasteiger partial charge in [-0.3, -0.25) is 9.78 Å². The van der Waals surface area contributed by atoms with Gasteiger partial charge in [-0.2, -0.15) is 0 Å². The number of rotatable bonds is 4. The van der Waals surface area contributed by atoms with E-state index in [-0.39, 0.29) is 22.8 Å². The highest BCUT2D eigenvalue weighted by atomic mass is 19.1. The van der Waals surface area contributed by atoms with Crippen LogP contribution in [-0.2, 0) is 4.79 Å². The van der Waals surface area contributed by atoms with E-state index in [1.807, 2.05) is 0 Å². The molecular formula is C17H14F2N2O3. The summed E-state index contributed by atoms with van der Waals surface area (Å²) in [5.41, 5.74) is 0.763. The minimum atomic E-state index is -1.19. The van der Waals surface area contributed by atoms with Gasteiger partial charge in [0.15, 0.2) is 0 Å². The van der Waals surface area contributed by atoms with Crippen LogP contribution in [0.3, 0.4) is 0 Å². The number of halogens is 2. The van der Waals surface area contributed by atoms with Crippen molar-refractivity contribution in [2.45, 2.75) is 6.92 Å². The van der Waals surface area contributed by atoms with E-state index in [0.717, 1.165) is 18.2 Å².